The molecule has 13 aromatic carbocycles. The second kappa shape index (κ2) is 18.6. The van der Waals surface area contributed by atoms with Crippen LogP contribution in [0, 0.1) is 13.1 Å². The van der Waals surface area contributed by atoms with E-state index in [2.05, 4.69) is 265 Å². The average molecular weight is 1190 g/mol. The molecule has 0 radical (unpaired) electrons. The zero-order valence-electron chi connectivity index (χ0n) is 50.8. The highest BCUT2D eigenvalue weighted by atomic mass is 28.3. The monoisotopic (exact) mass is 1190 g/mol. The standard InChI is InChI=1S/C82H58N4O2Si2/c1-83-73-27-15-23-61-63-25-17-29-75(80(63)87-78(61)73)85(50-31-36-53(37-32-50)89(3,4)5)52-35-41-60-67-43-49-42-48-30-40-64-62-24-16-28-74(84-2)79(62)88-81(64)77(48)86(51-33-38-54(39-34-51)90(6,7)8)76(49)47-72(67)82(70(60)44-52)69-26-14-13-22-59(69)68-45-65-57-20-11-9-18-55(57)56-19-10-12-21-58(56)66(65)46-71(68)82/h9-41,43-47H,42H2,3-8H3. The second-order valence-corrected chi connectivity index (χ2v) is 37.0. The lowest BCUT2D eigenvalue weighted by molar-refractivity contribution is 0.670. The van der Waals surface area contributed by atoms with Crippen molar-refractivity contribution in [2.45, 2.75) is 51.1 Å². The summed E-state index contributed by atoms with van der Waals surface area (Å²) >= 11 is 0. The van der Waals surface area contributed by atoms with Crippen LogP contribution in [0.25, 0.3) is 108 Å². The van der Waals surface area contributed by atoms with Gasteiger partial charge >= 0.3 is 0 Å². The molecule has 15 aromatic rings. The lowest BCUT2D eigenvalue weighted by Crippen LogP contribution is -2.37. The van der Waals surface area contributed by atoms with E-state index in [9.17, 15) is 0 Å². The molecule has 0 bridgehead atoms. The maximum Gasteiger partial charge on any atom is 0.229 e. The van der Waals surface area contributed by atoms with Crippen molar-refractivity contribution in [3.8, 4) is 22.3 Å². The molecule has 1 aliphatic heterocycles. The molecular weight excluding hydrogens is 1130 g/mol. The number of hydrogen-bond donors (Lipinski definition) is 0. The predicted molar refractivity (Wildman–Crippen MR) is 380 cm³/mol. The fraction of sp³-hybridized carbons (Fsp3) is 0.0976. The van der Waals surface area contributed by atoms with Gasteiger partial charge in [-0.1, -0.05) is 213 Å². The van der Waals surface area contributed by atoms with Crippen molar-refractivity contribution in [2.75, 3.05) is 9.80 Å². The predicted octanol–water partition coefficient (Wildman–Crippen LogP) is 22.3. The lowest BCUT2D eigenvalue weighted by atomic mass is 9.69. The summed E-state index contributed by atoms with van der Waals surface area (Å²) in [6, 6.07) is 85.7. The Morgan fingerprint density at radius 2 is 0.889 bits per heavy atom. The topological polar surface area (TPSA) is 41.5 Å². The molecular formula is C82H58N4O2Si2. The number of hydrogen-bond acceptors (Lipinski definition) is 4. The minimum absolute atomic E-state index is 0.494. The molecule has 2 aliphatic carbocycles. The molecule has 0 N–H and O–H groups in total. The average Bonchev–Trinajstić information content (AvgIpc) is 1.49. The van der Waals surface area contributed by atoms with Gasteiger partial charge in [0, 0.05) is 45.0 Å². The molecule has 3 aliphatic rings. The van der Waals surface area contributed by atoms with E-state index >= 15 is 0 Å². The molecule has 1 atom stereocenters. The number of para-hydroxylation sites is 3. The van der Waals surface area contributed by atoms with E-state index in [1.807, 2.05) is 24.3 Å². The third-order valence-electron chi connectivity index (χ3n) is 20.0. The van der Waals surface area contributed by atoms with E-state index in [4.69, 9.17) is 22.0 Å². The summed E-state index contributed by atoms with van der Waals surface area (Å²) in [5.41, 5.74) is 21.1. The Labute approximate surface area is 523 Å². The van der Waals surface area contributed by atoms with Gasteiger partial charge in [-0.25, -0.2) is 9.69 Å². The van der Waals surface area contributed by atoms with Gasteiger partial charge in [-0.3, -0.25) is 0 Å². The fourth-order valence-electron chi connectivity index (χ4n) is 15.8. The molecule has 2 aromatic heterocycles. The first-order valence-electron chi connectivity index (χ1n) is 31.1. The van der Waals surface area contributed by atoms with E-state index in [0.29, 0.717) is 29.0 Å². The fourth-order valence-corrected chi connectivity index (χ4v) is 18.1. The van der Waals surface area contributed by atoms with Crippen LogP contribution >= 0.6 is 0 Å². The van der Waals surface area contributed by atoms with E-state index < -0.39 is 21.6 Å². The molecule has 1 unspecified atom stereocenters. The first-order valence-corrected chi connectivity index (χ1v) is 38.1. The summed E-state index contributed by atoms with van der Waals surface area (Å²) in [6.07, 6.45) is 0.680. The quantitative estimate of drug-likeness (QED) is 0.0945. The highest BCUT2D eigenvalue weighted by molar-refractivity contribution is 6.89. The van der Waals surface area contributed by atoms with Gasteiger partial charge in [0.2, 0.25) is 11.4 Å². The Bertz CT molecular complexity index is 5770. The molecule has 6 nitrogen and oxygen atoms in total. The highest BCUT2D eigenvalue weighted by Gasteiger charge is 2.53. The summed E-state index contributed by atoms with van der Waals surface area (Å²) in [4.78, 5) is 12.8. The zero-order chi connectivity index (χ0) is 60.7. The number of benzene rings is 13. The van der Waals surface area contributed by atoms with Crippen molar-refractivity contribution in [3.63, 3.8) is 0 Å². The third-order valence-corrected chi connectivity index (χ3v) is 24.1. The second-order valence-electron chi connectivity index (χ2n) is 26.9. The Kier molecular flexibility index (Phi) is 10.9. The molecule has 90 heavy (non-hydrogen) atoms. The highest BCUT2D eigenvalue weighted by Crippen LogP contribution is 2.66. The smallest absolute Gasteiger partial charge is 0.229 e. The van der Waals surface area contributed by atoms with Crippen molar-refractivity contribution in [1.82, 2.24) is 0 Å². The van der Waals surface area contributed by atoms with Crippen LogP contribution in [0.3, 0.4) is 0 Å². The Morgan fingerprint density at radius 3 is 1.53 bits per heavy atom. The molecule has 0 saturated heterocycles. The van der Waals surface area contributed by atoms with Crippen molar-refractivity contribution < 1.29 is 8.83 Å². The summed E-state index contributed by atoms with van der Waals surface area (Å²) in [6.45, 7) is 30.8. The third kappa shape index (κ3) is 7.17. The van der Waals surface area contributed by atoms with Crippen LogP contribution < -0.4 is 20.2 Å². The largest absolute Gasteiger partial charge is 0.465 e. The molecule has 18 rings (SSSR count). The zero-order valence-corrected chi connectivity index (χ0v) is 52.8. The van der Waals surface area contributed by atoms with Gasteiger partial charge in [-0.05, 0) is 155 Å². The molecule has 0 amide bonds. The summed E-state index contributed by atoms with van der Waals surface area (Å²) < 4.78 is 14.1. The number of anilines is 6. The van der Waals surface area contributed by atoms with Crippen LogP contribution in [0.4, 0.5) is 45.5 Å². The Hall–Kier alpha value is -10.7. The van der Waals surface area contributed by atoms with Crippen LogP contribution in [0.5, 0.6) is 0 Å². The van der Waals surface area contributed by atoms with Gasteiger partial charge < -0.3 is 18.6 Å². The maximum absolute atomic E-state index is 8.22. The van der Waals surface area contributed by atoms with E-state index in [0.717, 1.165) is 72.4 Å². The van der Waals surface area contributed by atoms with Gasteiger partial charge in [-0.15, -0.1) is 0 Å². The minimum atomic E-state index is -1.70. The number of rotatable bonds is 6. The van der Waals surface area contributed by atoms with E-state index in [1.54, 1.807) is 0 Å². The maximum atomic E-state index is 8.22. The number of fused-ring (bicyclic) bond motifs is 25. The van der Waals surface area contributed by atoms with Crippen LogP contribution in [0.2, 0.25) is 39.3 Å². The molecule has 0 saturated carbocycles. The van der Waals surface area contributed by atoms with Gasteiger partial charge in [0.1, 0.15) is 11.2 Å². The minimum Gasteiger partial charge on any atom is -0.465 e. The van der Waals surface area contributed by atoms with Gasteiger partial charge in [0.15, 0.2) is 11.2 Å². The van der Waals surface area contributed by atoms with Crippen molar-refractivity contribution in [2.24, 2.45) is 0 Å². The van der Waals surface area contributed by atoms with Crippen LogP contribution in [-0.4, -0.2) is 16.1 Å². The van der Waals surface area contributed by atoms with Gasteiger partial charge in [0.25, 0.3) is 0 Å². The Morgan fingerprint density at radius 1 is 0.389 bits per heavy atom. The molecule has 0 fully saturated rings. The van der Waals surface area contributed by atoms with Crippen molar-refractivity contribution >= 4 is 148 Å². The van der Waals surface area contributed by atoms with Crippen LogP contribution in [-0.2, 0) is 11.8 Å². The van der Waals surface area contributed by atoms with Gasteiger partial charge in [-0.2, -0.15) is 0 Å². The summed E-state index contributed by atoms with van der Waals surface area (Å²) in [5, 5.41) is 14.0. The summed E-state index contributed by atoms with van der Waals surface area (Å²) in [7, 11) is -3.39. The number of nitrogens with zero attached hydrogens (tertiary/aromatic N) is 4. The van der Waals surface area contributed by atoms with Crippen molar-refractivity contribution in [3.05, 3.63) is 287 Å². The SMILES string of the molecule is [C-]#[N+]c1cccc2c1oc1c(N(c3ccc([Si](C)(C)C)cc3)c3ccc4c(c3)C3(c5ccccc5-c5cc6c7ccccc7c7ccccc7c6cc53)c3cc5c(cc3-4)Cc3ccc4c(oc6c([N+]#[C-])cccc64)c3N5c3ccc([Si](C)(C)C)cc3)cccc12. The normalized spacial score (nSPS) is 14.7. The van der Waals surface area contributed by atoms with Crippen molar-refractivity contribution in [1.29, 1.82) is 0 Å². The number of furan rings is 2. The van der Waals surface area contributed by atoms with Crippen LogP contribution in [0.15, 0.2) is 239 Å². The molecule has 1 spiro atoms. The molecule has 8 heteroatoms. The first-order chi connectivity index (χ1) is 43.8. The summed E-state index contributed by atoms with van der Waals surface area (Å²) in [5.74, 6) is 0. The van der Waals surface area contributed by atoms with Crippen LogP contribution in [0.1, 0.15) is 33.4 Å². The molecule has 3 heterocycles. The first kappa shape index (κ1) is 52.4. The Balaban J connectivity index is 0.958. The van der Waals surface area contributed by atoms with E-state index in [1.165, 1.54) is 92.8 Å². The molecule has 426 valence electrons. The van der Waals surface area contributed by atoms with Gasteiger partial charge in [0.05, 0.1) is 51.8 Å². The lowest BCUT2D eigenvalue weighted by Gasteiger charge is -2.36. The van der Waals surface area contributed by atoms with E-state index in [-0.39, 0.29) is 0 Å².